The van der Waals surface area contributed by atoms with Crippen LogP contribution in [0.3, 0.4) is 0 Å². The lowest BCUT2D eigenvalue weighted by Crippen LogP contribution is -2.41. The molecular formula is C14H18N2O2. The second-order valence-corrected chi connectivity index (χ2v) is 5.32. The van der Waals surface area contributed by atoms with Crippen LogP contribution in [0.25, 0.3) is 0 Å². The van der Waals surface area contributed by atoms with E-state index in [9.17, 15) is 4.79 Å². The molecule has 4 heteroatoms. The number of aryl methyl sites for hydroxylation is 1. The quantitative estimate of drug-likeness (QED) is 0.779. The topological polar surface area (TPSA) is 64.4 Å². The van der Waals surface area contributed by atoms with Crippen molar-refractivity contribution in [2.75, 3.05) is 5.73 Å². The third-order valence-corrected chi connectivity index (χ3v) is 3.78. The van der Waals surface area contributed by atoms with Crippen LogP contribution in [0.1, 0.15) is 35.2 Å². The van der Waals surface area contributed by atoms with Crippen LogP contribution in [0.4, 0.5) is 5.69 Å². The highest BCUT2D eigenvalue weighted by molar-refractivity contribution is 5.95. The zero-order chi connectivity index (χ0) is 12.7. The highest BCUT2D eigenvalue weighted by Crippen LogP contribution is 2.34. The molecule has 2 aliphatic heterocycles. The van der Waals surface area contributed by atoms with E-state index in [-0.39, 0.29) is 18.1 Å². The van der Waals surface area contributed by atoms with Crippen molar-refractivity contribution in [1.29, 1.82) is 0 Å². The van der Waals surface area contributed by atoms with E-state index in [2.05, 4.69) is 5.32 Å². The third-order valence-electron chi connectivity index (χ3n) is 3.78. The molecule has 1 aromatic rings. The molecule has 3 rings (SSSR count). The first kappa shape index (κ1) is 11.5. The predicted molar refractivity (Wildman–Crippen MR) is 69.4 cm³/mol. The molecule has 18 heavy (non-hydrogen) atoms. The fourth-order valence-electron chi connectivity index (χ4n) is 2.99. The van der Waals surface area contributed by atoms with Gasteiger partial charge in [0.05, 0.1) is 18.2 Å². The molecule has 3 unspecified atom stereocenters. The molecule has 2 bridgehead atoms. The van der Waals surface area contributed by atoms with Crippen LogP contribution in [0.2, 0.25) is 0 Å². The molecule has 2 saturated heterocycles. The van der Waals surface area contributed by atoms with Crippen molar-refractivity contribution in [2.24, 2.45) is 0 Å². The van der Waals surface area contributed by atoms with E-state index in [0.29, 0.717) is 17.4 Å². The Kier molecular flexibility index (Phi) is 2.74. The van der Waals surface area contributed by atoms with Gasteiger partial charge in [0.2, 0.25) is 0 Å². The minimum absolute atomic E-state index is 0.0495. The third kappa shape index (κ3) is 2.08. The molecule has 2 fully saturated rings. The fraction of sp³-hybridized carbons (Fsp3) is 0.500. The van der Waals surface area contributed by atoms with Gasteiger partial charge in [-0.15, -0.1) is 0 Å². The lowest BCUT2D eigenvalue weighted by Gasteiger charge is -2.20. The van der Waals surface area contributed by atoms with E-state index in [0.717, 1.165) is 24.8 Å². The summed E-state index contributed by atoms with van der Waals surface area (Å²) >= 11 is 0. The fourth-order valence-corrected chi connectivity index (χ4v) is 2.99. The van der Waals surface area contributed by atoms with Gasteiger partial charge in [0.25, 0.3) is 5.91 Å². The summed E-state index contributed by atoms with van der Waals surface area (Å²) in [5.41, 5.74) is 8.03. The number of anilines is 1. The lowest BCUT2D eigenvalue weighted by molar-refractivity contribution is 0.0841. The second kappa shape index (κ2) is 4.28. The van der Waals surface area contributed by atoms with Crippen LogP contribution in [0.5, 0.6) is 0 Å². The summed E-state index contributed by atoms with van der Waals surface area (Å²) in [4.78, 5) is 12.2. The number of hydrogen-bond acceptors (Lipinski definition) is 3. The number of hydrogen-bond donors (Lipinski definition) is 2. The maximum absolute atomic E-state index is 12.2. The molecule has 96 valence electrons. The number of rotatable bonds is 2. The molecule has 0 spiro atoms. The van der Waals surface area contributed by atoms with Crippen LogP contribution < -0.4 is 11.1 Å². The molecule has 0 saturated carbocycles. The largest absolute Gasteiger partial charge is 0.399 e. The highest BCUT2D eigenvalue weighted by atomic mass is 16.5. The van der Waals surface area contributed by atoms with Gasteiger partial charge in [-0.05, 0) is 49.9 Å². The average molecular weight is 246 g/mol. The van der Waals surface area contributed by atoms with Gasteiger partial charge in [0, 0.05) is 11.3 Å². The number of nitrogens with two attached hydrogens (primary N) is 1. The molecule has 4 nitrogen and oxygen atoms in total. The lowest BCUT2D eigenvalue weighted by atomic mass is 9.95. The van der Waals surface area contributed by atoms with Crippen molar-refractivity contribution in [3.05, 3.63) is 29.3 Å². The van der Waals surface area contributed by atoms with Crippen LogP contribution in [-0.2, 0) is 4.74 Å². The molecule has 1 aromatic carbocycles. The van der Waals surface area contributed by atoms with Crippen molar-refractivity contribution >= 4 is 11.6 Å². The minimum atomic E-state index is -0.0495. The predicted octanol–water partition coefficient (Wildman–Crippen LogP) is 1.63. The minimum Gasteiger partial charge on any atom is -0.399 e. The zero-order valence-electron chi connectivity index (χ0n) is 10.5. The molecule has 0 aliphatic carbocycles. The van der Waals surface area contributed by atoms with Gasteiger partial charge in [0.15, 0.2) is 0 Å². The Morgan fingerprint density at radius 2 is 2.22 bits per heavy atom. The first-order valence-electron chi connectivity index (χ1n) is 6.45. The summed E-state index contributed by atoms with van der Waals surface area (Å²) in [6.07, 6.45) is 3.70. The highest BCUT2D eigenvalue weighted by Gasteiger charge is 2.41. The molecule has 3 N–H and O–H groups in total. The Labute approximate surface area is 107 Å². The summed E-state index contributed by atoms with van der Waals surface area (Å²) in [5.74, 6) is -0.0495. The molecule has 1 amide bonds. The van der Waals surface area contributed by atoms with Crippen molar-refractivity contribution < 1.29 is 9.53 Å². The van der Waals surface area contributed by atoms with Crippen LogP contribution >= 0.6 is 0 Å². The monoisotopic (exact) mass is 246 g/mol. The summed E-state index contributed by atoms with van der Waals surface area (Å²) in [6, 6.07) is 5.60. The first-order valence-corrected chi connectivity index (χ1v) is 6.45. The average Bonchev–Trinajstić information content (AvgIpc) is 2.89. The van der Waals surface area contributed by atoms with E-state index in [1.165, 1.54) is 0 Å². The van der Waals surface area contributed by atoms with Gasteiger partial charge in [-0.3, -0.25) is 4.79 Å². The van der Waals surface area contributed by atoms with Crippen molar-refractivity contribution in [3.8, 4) is 0 Å². The Morgan fingerprint density at radius 1 is 1.39 bits per heavy atom. The van der Waals surface area contributed by atoms with Gasteiger partial charge in [-0.1, -0.05) is 0 Å². The number of carbonyl (C=O) groups excluding carboxylic acids is 1. The van der Waals surface area contributed by atoms with Gasteiger partial charge < -0.3 is 15.8 Å². The summed E-state index contributed by atoms with van der Waals surface area (Å²) in [5, 5.41) is 3.06. The number of fused-ring (bicyclic) bond motifs is 2. The van der Waals surface area contributed by atoms with Crippen molar-refractivity contribution in [2.45, 2.75) is 44.4 Å². The van der Waals surface area contributed by atoms with Crippen molar-refractivity contribution in [3.63, 3.8) is 0 Å². The van der Waals surface area contributed by atoms with Gasteiger partial charge in [0.1, 0.15) is 0 Å². The molecular weight excluding hydrogens is 228 g/mol. The Hall–Kier alpha value is -1.55. The van der Waals surface area contributed by atoms with Crippen molar-refractivity contribution in [1.82, 2.24) is 5.32 Å². The van der Waals surface area contributed by atoms with E-state index in [1.54, 1.807) is 6.07 Å². The summed E-state index contributed by atoms with van der Waals surface area (Å²) in [7, 11) is 0. The smallest absolute Gasteiger partial charge is 0.251 e. The Morgan fingerprint density at radius 3 is 2.83 bits per heavy atom. The van der Waals surface area contributed by atoms with Gasteiger partial charge in [-0.25, -0.2) is 0 Å². The SMILES string of the molecule is Cc1cc(N)cc(C(=O)NC2CC3CCC2O3)c1. The van der Waals surface area contributed by atoms with Gasteiger partial charge >= 0.3 is 0 Å². The second-order valence-electron chi connectivity index (χ2n) is 5.32. The summed E-state index contributed by atoms with van der Waals surface area (Å²) < 4.78 is 5.73. The number of benzene rings is 1. The number of nitrogen functional groups attached to an aromatic ring is 1. The van der Waals surface area contributed by atoms with Gasteiger partial charge in [-0.2, -0.15) is 0 Å². The molecule has 2 aliphatic rings. The Bertz CT molecular complexity index is 466. The number of carbonyl (C=O) groups is 1. The molecule has 0 aromatic heterocycles. The normalized spacial score (nSPS) is 29.5. The van der Waals surface area contributed by atoms with E-state index >= 15 is 0 Å². The van der Waals surface area contributed by atoms with Crippen LogP contribution in [0, 0.1) is 6.92 Å². The summed E-state index contributed by atoms with van der Waals surface area (Å²) in [6.45, 7) is 1.94. The Balaban J connectivity index is 1.71. The standard InChI is InChI=1S/C14H18N2O2/c1-8-4-9(6-10(15)5-8)14(17)16-12-7-11-2-3-13(12)18-11/h4-6,11-13H,2-3,7,15H2,1H3,(H,16,17). The van der Waals surface area contributed by atoms with Crippen LogP contribution in [0.15, 0.2) is 18.2 Å². The van der Waals surface area contributed by atoms with E-state index < -0.39 is 0 Å². The molecule has 2 heterocycles. The molecule has 3 atom stereocenters. The molecule has 0 radical (unpaired) electrons. The van der Waals surface area contributed by atoms with E-state index in [4.69, 9.17) is 10.5 Å². The first-order chi connectivity index (χ1) is 8.61. The number of ether oxygens (including phenoxy) is 1. The maximum Gasteiger partial charge on any atom is 0.251 e. The number of amides is 1. The van der Waals surface area contributed by atoms with E-state index in [1.807, 2.05) is 19.1 Å². The van der Waals surface area contributed by atoms with Crippen LogP contribution in [-0.4, -0.2) is 24.2 Å². The maximum atomic E-state index is 12.2. The number of nitrogens with one attached hydrogen (secondary N) is 1. The zero-order valence-corrected chi connectivity index (χ0v) is 10.5.